The lowest BCUT2D eigenvalue weighted by atomic mass is 10.1. The molecule has 0 spiro atoms. The highest BCUT2D eigenvalue weighted by atomic mass is 32.2. The number of carbonyl (C=O) groups excluding carboxylic acids is 1. The van der Waals surface area contributed by atoms with Gasteiger partial charge >= 0.3 is 0 Å². The molecule has 0 bridgehead atoms. The molecule has 4 heteroatoms. The van der Waals surface area contributed by atoms with Crippen LogP contribution in [0.5, 0.6) is 0 Å². The van der Waals surface area contributed by atoms with Crippen LogP contribution in [0.15, 0.2) is 58.9 Å². The fourth-order valence-corrected chi connectivity index (χ4v) is 4.28. The Morgan fingerprint density at radius 3 is 2.50 bits per heavy atom. The number of benzene rings is 2. The first kappa shape index (κ1) is 13.3. The zero-order valence-corrected chi connectivity index (χ0v) is 12.6. The van der Waals surface area contributed by atoms with Crippen LogP contribution >= 0.6 is 23.1 Å². The number of hydrogen-bond donors (Lipinski definition) is 0. The normalized spacial score (nSPS) is 12.4. The molecule has 3 rings (SSSR count). The average molecular weight is 299 g/mol. The van der Waals surface area contributed by atoms with Crippen LogP contribution < -0.4 is 0 Å². The Bertz CT molecular complexity index is 703. The fraction of sp³-hybridized carbons (Fsp3) is 0.125. The van der Waals surface area contributed by atoms with Gasteiger partial charge in [-0.25, -0.2) is 4.98 Å². The number of nitrogens with zero attached hydrogens (tertiary/aromatic N) is 1. The molecule has 0 amide bonds. The highest BCUT2D eigenvalue weighted by molar-refractivity contribution is 8.02. The number of aromatic nitrogens is 1. The van der Waals surface area contributed by atoms with Crippen LogP contribution in [0.3, 0.4) is 0 Å². The Morgan fingerprint density at radius 1 is 1.10 bits per heavy atom. The molecule has 1 heterocycles. The zero-order valence-electron chi connectivity index (χ0n) is 10.9. The average Bonchev–Trinajstić information content (AvgIpc) is 2.88. The maximum Gasteiger partial charge on any atom is 0.152 e. The van der Waals surface area contributed by atoms with E-state index in [2.05, 4.69) is 11.1 Å². The van der Waals surface area contributed by atoms with Gasteiger partial charge in [-0.2, -0.15) is 0 Å². The molecule has 0 saturated carbocycles. The van der Waals surface area contributed by atoms with Crippen molar-refractivity contribution in [3.8, 4) is 0 Å². The number of carbonyl (C=O) groups is 1. The number of Topliss-reactive ketones (excluding diaryl/α,β-unsaturated/α-hetero) is 1. The third-order valence-corrected chi connectivity index (χ3v) is 5.47. The minimum Gasteiger partial charge on any atom is -0.298 e. The summed E-state index contributed by atoms with van der Waals surface area (Å²) in [7, 11) is 0. The van der Waals surface area contributed by atoms with Gasteiger partial charge in [0.05, 0.1) is 15.5 Å². The van der Waals surface area contributed by atoms with Gasteiger partial charge in [0, 0.05) is 0 Å². The summed E-state index contributed by atoms with van der Waals surface area (Å²) in [6.45, 7) is 1.64. The first-order valence-corrected chi connectivity index (χ1v) is 8.01. The molecule has 0 fully saturated rings. The van der Waals surface area contributed by atoms with Crippen molar-refractivity contribution in [3.05, 3.63) is 60.2 Å². The van der Waals surface area contributed by atoms with Gasteiger partial charge in [0.25, 0.3) is 0 Å². The van der Waals surface area contributed by atoms with Gasteiger partial charge in [-0.15, -0.1) is 11.3 Å². The van der Waals surface area contributed by atoms with E-state index in [0.717, 1.165) is 20.1 Å². The second-order valence-corrected chi connectivity index (χ2v) is 6.85. The Hall–Kier alpha value is -1.65. The molecule has 0 aliphatic heterocycles. The van der Waals surface area contributed by atoms with E-state index < -0.39 is 0 Å². The summed E-state index contributed by atoms with van der Waals surface area (Å²) in [6, 6.07) is 17.9. The van der Waals surface area contributed by atoms with Crippen molar-refractivity contribution in [2.45, 2.75) is 16.5 Å². The van der Waals surface area contributed by atoms with E-state index >= 15 is 0 Å². The van der Waals surface area contributed by atoms with Crippen LogP contribution in [-0.2, 0) is 4.79 Å². The highest BCUT2D eigenvalue weighted by Gasteiger charge is 2.19. The molecule has 1 aromatic heterocycles. The number of hydrogen-bond acceptors (Lipinski definition) is 4. The summed E-state index contributed by atoms with van der Waals surface area (Å²) in [6.07, 6.45) is 0. The van der Waals surface area contributed by atoms with E-state index in [1.54, 1.807) is 18.3 Å². The quantitative estimate of drug-likeness (QED) is 0.653. The van der Waals surface area contributed by atoms with Crippen molar-refractivity contribution in [1.82, 2.24) is 4.98 Å². The lowest BCUT2D eigenvalue weighted by Gasteiger charge is -2.11. The summed E-state index contributed by atoms with van der Waals surface area (Å²) >= 11 is 3.17. The molecule has 0 unspecified atom stereocenters. The van der Waals surface area contributed by atoms with Crippen LogP contribution in [0.1, 0.15) is 17.7 Å². The number of thiazole rings is 1. The summed E-state index contributed by atoms with van der Waals surface area (Å²) in [4.78, 5) is 16.5. The maximum atomic E-state index is 11.9. The number of fused-ring (bicyclic) bond motifs is 1. The van der Waals surface area contributed by atoms with E-state index in [0.29, 0.717) is 0 Å². The van der Waals surface area contributed by atoms with Gasteiger partial charge in [-0.05, 0) is 24.6 Å². The number of thioether (sulfide) groups is 1. The first-order valence-electron chi connectivity index (χ1n) is 6.31. The monoisotopic (exact) mass is 299 g/mol. The van der Waals surface area contributed by atoms with Gasteiger partial charge in [-0.1, -0.05) is 54.2 Å². The second-order valence-electron chi connectivity index (χ2n) is 4.47. The lowest BCUT2D eigenvalue weighted by molar-refractivity contribution is -0.116. The molecule has 0 saturated heterocycles. The summed E-state index contributed by atoms with van der Waals surface area (Å²) < 4.78 is 2.10. The molecule has 2 nitrogen and oxygen atoms in total. The molecular weight excluding hydrogens is 286 g/mol. The van der Waals surface area contributed by atoms with Gasteiger partial charge in [-0.3, -0.25) is 4.79 Å². The number of ketones is 1. The first-order chi connectivity index (χ1) is 9.74. The van der Waals surface area contributed by atoms with Crippen molar-refractivity contribution in [2.75, 3.05) is 0 Å². The van der Waals surface area contributed by atoms with E-state index in [9.17, 15) is 4.79 Å². The van der Waals surface area contributed by atoms with Crippen LogP contribution in [0, 0.1) is 0 Å². The standard InChI is InChI=1S/C16H13NOS2/c1-11(18)15(12-7-3-2-4-8-12)20-16-17-13-9-5-6-10-14(13)19-16/h2-10,15H,1H3/t15-/m0/s1. The maximum absolute atomic E-state index is 11.9. The SMILES string of the molecule is CC(=O)[C@H](Sc1nc2ccccc2s1)c1ccccc1. The molecule has 20 heavy (non-hydrogen) atoms. The highest BCUT2D eigenvalue weighted by Crippen LogP contribution is 2.39. The van der Waals surface area contributed by atoms with E-state index in [1.165, 1.54) is 11.8 Å². The summed E-state index contributed by atoms with van der Waals surface area (Å²) in [5.74, 6) is 0.153. The van der Waals surface area contributed by atoms with Crippen molar-refractivity contribution in [1.29, 1.82) is 0 Å². The van der Waals surface area contributed by atoms with Gasteiger partial charge < -0.3 is 0 Å². The van der Waals surface area contributed by atoms with Crippen molar-refractivity contribution in [3.63, 3.8) is 0 Å². The molecule has 0 aliphatic carbocycles. The van der Waals surface area contributed by atoms with E-state index in [1.807, 2.05) is 48.5 Å². The Kier molecular flexibility index (Phi) is 3.85. The molecule has 0 aliphatic rings. The van der Waals surface area contributed by atoms with Gasteiger partial charge in [0.1, 0.15) is 5.78 Å². The Morgan fingerprint density at radius 2 is 1.80 bits per heavy atom. The van der Waals surface area contributed by atoms with Crippen molar-refractivity contribution < 1.29 is 4.79 Å². The third kappa shape index (κ3) is 2.76. The topological polar surface area (TPSA) is 30.0 Å². The molecule has 0 N–H and O–H groups in total. The van der Waals surface area contributed by atoms with E-state index in [4.69, 9.17) is 0 Å². The van der Waals surface area contributed by atoms with Crippen LogP contribution in [0.2, 0.25) is 0 Å². The molecule has 3 aromatic rings. The summed E-state index contributed by atoms with van der Waals surface area (Å²) in [5, 5.41) is -0.184. The number of para-hydroxylation sites is 1. The van der Waals surface area contributed by atoms with Crippen LogP contribution in [0.25, 0.3) is 10.2 Å². The predicted octanol–water partition coefficient (Wildman–Crippen LogP) is 4.72. The molecule has 100 valence electrons. The second kappa shape index (κ2) is 5.77. The molecule has 1 atom stereocenters. The number of rotatable bonds is 4. The van der Waals surface area contributed by atoms with Crippen molar-refractivity contribution >= 4 is 39.1 Å². The van der Waals surface area contributed by atoms with Crippen molar-refractivity contribution in [2.24, 2.45) is 0 Å². The zero-order chi connectivity index (χ0) is 13.9. The van der Waals surface area contributed by atoms with Crippen LogP contribution in [-0.4, -0.2) is 10.8 Å². The third-order valence-electron chi connectivity index (χ3n) is 2.96. The molecule has 0 radical (unpaired) electrons. The minimum absolute atomic E-state index is 0.153. The Labute approximate surface area is 125 Å². The smallest absolute Gasteiger partial charge is 0.152 e. The predicted molar refractivity (Wildman–Crippen MR) is 85.3 cm³/mol. The molecule has 2 aromatic carbocycles. The van der Waals surface area contributed by atoms with Crippen LogP contribution in [0.4, 0.5) is 0 Å². The van der Waals surface area contributed by atoms with E-state index in [-0.39, 0.29) is 11.0 Å². The Balaban J connectivity index is 1.92. The lowest BCUT2D eigenvalue weighted by Crippen LogP contribution is -2.04. The summed E-state index contributed by atoms with van der Waals surface area (Å²) in [5.41, 5.74) is 2.03. The molecular formula is C16H13NOS2. The van der Waals surface area contributed by atoms with Gasteiger partial charge in [0.2, 0.25) is 0 Å². The minimum atomic E-state index is -0.184. The fourth-order valence-electron chi connectivity index (χ4n) is 2.02. The van der Waals surface area contributed by atoms with Gasteiger partial charge in [0.15, 0.2) is 4.34 Å². The largest absolute Gasteiger partial charge is 0.298 e.